The van der Waals surface area contributed by atoms with Crippen LogP contribution in [-0.2, 0) is 15.6 Å². The Labute approximate surface area is 165 Å². The van der Waals surface area contributed by atoms with Gasteiger partial charge in [0.15, 0.2) is 6.61 Å². The summed E-state index contributed by atoms with van der Waals surface area (Å²) >= 11 is 3.54. The van der Waals surface area contributed by atoms with Crippen molar-refractivity contribution in [2.24, 2.45) is 0 Å². The van der Waals surface area contributed by atoms with Gasteiger partial charge in [-0.1, -0.05) is 59.7 Å². The minimum Gasteiger partial charge on any atom is -0.484 e. The maximum Gasteiger partial charge on any atom is 0.262 e. The van der Waals surface area contributed by atoms with Gasteiger partial charge in [-0.2, -0.15) is 0 Å². The number of rotatable bonds is 4. The highest BCUT2D eigenvalue weighted by Gasteiger charge is 2.16. The first-order chi connectivity index (χ1) is 12.0. The first kappa shape index (κ1) is 20.5. The zero-order chi connectivity index (χ0) is 19.5. The summed E-state index contributed by atoms with van der Waals surface area (Å²) in [4.78, 5) is 12.2. The van der Waals surface area contributed by atoms with Crippen molar-refractivity contribution in [3.63, 3.8) is 0 Å². The molecule has 0 spiro atoms. The van der Waals surface area contributed by atoms with Crippen molar-refractivity contribution in [3.8, 4) is 5.75 Å². The number of amides is 1. The monoisotopic (exact) mass is 417 g/mol. The van der Waals surface area contributed by atoms with E-state index in [9.17, 15) is 4.79 Å². The number of ether oxygens (including phenoxy) is 1. The number of benzene rings is 2. The van der Waals surface area contributed by atoms with Gasteiger partial charge >= 0.3 is 0 Å². The number of hydrogen-bond donors (Lipinski definition) is 1. The molecule has 0 heterocycles. The number of carbonyl (C=O) groups excluding carboxylic acids is 1. The molecule has 2 rings (SSSR count). The first-order valence-electron chi connectivity index (χ1n) is 8.80. The summed E-state index contributed by atoms with van der Waals surface area (Å²) in [6, 6.07) is 13.9. The van der Waals surface area contributed by atoms with Crippen molar-refractivity contribution in [2.75, 3.05) is 11.9 Å². The molecule has 0 aliphatic rings. The third-order valence-electron chi connectivity index (χ3n) is 4.20. The summed E-state index contributed by atoms with van der Waals surface area (Å²) in [6.07, 6.45) is 0. The Bertz CT molecular complexity index is 768. The minimum atomic E-state index is -0.186. The summed E-state index contributed by atoms with van der Waals surface area (Å²) in [6.45, 7) is 12.9. The quantitative estimate of drug-likeness (QED) is 0.655. The molecule has 0 aliphatic carbocycles. The molecule has 3 nitrogen and oxygen atoms in total. The van der Waals surface area contributed by atoms with Gasteiger partial charge in [-0.05, 0) is 62.2 Å². The van der Waals surface area contributed by atoms with Crippen LogP contribution in [0.25, 0.3) is 0 Å². The van der Waals surface area contributed by atoms with Gasteiger partial charge in [0.1, 0.15) is 5.75 Å². The van der Waals surface area contributed by atoms with Crippen LogP contribution in [0.3, 0.4) is 0 Å². The van der Waals surface area contributed by atoms with E-state index in [2.05, 4.69) is 62.8 Å². The molecule has 0 bridgehead atoms. The van der Waals surface area contributed by atoms with Gasteiger partial charge in [0.25, 0.3) is 5.91 Å². The van der Waals surface area contributed by atoms with Crippen molar-refractivity contribution < 1.29 is 9.53 Å². The van der Waals surface area contributed by atoms with Crippen LogP contribution in [0.15, 0.2) is 46.9 Å². The molecule has 4 heteroatoms. The average Bonchev–Trinajstić information content (AvgIpc) is 2.53. The third-order valence-corrected chi connectivity index (χ3v) is 4.86. The second-order valence-electron chi connectivity index (χ2n) is 8.56. The fourth-order valence-corrected chi connectivity index (χ4v) is 2.95. The molecule has 0 aromatic heterocycles. The zero-order valence-electron chi connectivity index (χ0n) is 16.4. The van der Waals surface area contributed by atoms with Crippen LogP contribution in [0.1, 0.15) is 52.7 Å². The standard InChI is InChI=1S/C22H28BrNO2/c1-21(2,3)15-7-10-17(11-8-15)26-14-20(25)24-19-12-9-16(13-18(19)23)22(4,5)6/h7-13H,14H2,1-6H3,(H,24,25). The van der Waals surface area contributed by atoms with Crippen molar-refractivity contribution in [1.82, 2.24) is 0 Å². The number of halogens is 1. The molecule has 26 heavy (non-hydrogen) atoms. The molecule has 0 saturated carbocycles. The highest BCUT2D eigenvalue weighted by atomic mass is 79.9. The van der Waals surface area contributed by atoms with Gasteiger partial charge in [0.05, 0.1) is 5.69 Å². The van der Waals surface area contributed by atoms with Crippen molar-refractivity contribution in [1.29, 1.82) is 0 Å². The Morgan fingerprint density at radius 3 is 1.96 bits per heavy atom. The number of hydrogen-bond acceptors (Lipinski definition) is 2. The van der Waals surface area contributed by atoms with Crippen LogP contribution in [-0.4, -0.2) is 12.5 Å². The van der Waals surface area contributed by atoms with Crippen LogP contribution < -0.4 is 10.1 Å². The molecule has 0 fully saturated rings. The van der Waals surface area contributed by atoms with Gasteiger partial charge in [-0.25, -0.2) is 0 Å². The first-order valence-corrected chi connectivity index (χ1v) is 9.59. The third kappa shape index (κ3) is 5.60. The van der Waals surface area contributed by atoms with E-state index < -0.39 is 0 Å². The van der Waals surface area contributed by atoms with E-state index in [-0.39, 0.29) is 23.3 Å². The topological polar surface area (TPSA) is 38.3 Å². The molecule has 0 atom stereocenters. The van der Waals surface area contributed by atoms with Gasteiger partial charge < -0.3 is 10.1 Å². The van der Waals surface area contributed by atoms with Crippen molar-refractivity contribution in [2.45, 2.75) is 52.4 Å². The Balaban J connectivity index is 1.95. The molecule has 0 unspecified atom stereocenters. The van der Waals surface area contributed by atoms with Gasteiger partial charge in [0, 0.05) is 4.47 Å². The van der Waals surface area contributed by atoms with Crippen molar-refractivity contribution >= 4 is 27.5 Å². The van der Waals surface area contributed by atoms with E-state index in [0.717, 1.165) is 10.2 Å². The number of anilines is 1. The van der Waals surface area contributed by atoms with Crippen LogP contribution in [0.2, 0.25) is 0 Å². The lowest BCUT2D eigenvalue weighted by Crippen LogP contribution is -2.21. The summed E-state index contributed by atoms with van der Waals surface area (Å²) in [7, 11) is 0. The second kappa shape index (κ2) is 7.83. The van der Waals surface area contributed by atoms with E-state index in [4.69, 9.17) is 4.74 Å². The molecular weight excluding hydrogens is 390 g/mol. The van der Waals surface area contributed by atoms with E-state index in [1.165, 1.54) is 11.1 Å². The summed E-state index contributed by atoms with van der Waals surface area (Å²) in [5, 5.41) is 2.88. The lowest BCUT2D eigenvalue weighted by atomic mass is 9.87. The Kier molecular flexibility index (Phi) is 6.17. The van der Waals surface area contributed by atoms with Crippen LogP contribution >= 0.6 is 15.9 Å². The van der Waals surface area contributed by atoms with Crippen LogP contribution in [0.4, 0.5) is 5.69 Å². The molecule has 1 amide bonds. The van der Waals surface area contributed by atoms with Gasteiger partial charge in [0.2, 0.25) is 0 Å². The predicted octanol–water partition coefficient (Wildman–Crippen LogP) is 6.06. The minimum absolute atomic E-state index is 0.0255. The fourth-order valence-electron chi connectivity index (χ4n) is 2.47. The van der Waals surface area contributed by atoms with E-state index in [1.54, 1.807) is 0 Å². The molecule has 0 aliphatic heterocycles. The van der Waals surface area contributed by atoms with Crippen molar-refractivity contribution in [3.05, 3.63) is 58.1 Å². The molecule has 2 aromatic carbocycles. The highest BCUT2D eigenvalue weighted by molar-refractivity contribution is 9.10. The van der Waals surface area contributed by atoms with Gasteiger partial charge in [-0.3, -0.25) is 4.79 Å². The van der Waals surface area contributed by atoms with E-state index in [1.807, 2.05) is 42.5 Å². The summed E-state index contributed by atoms with van der Waals surface area (Å²) < 4.78 is 6.47. The smallest absolute Gasteiger partial charge is 0.262 e. The fraction of sp³-hybridized carbons (Fsp3) is 0.409. The maximum absolute atomic E-state index is 12.2. The van der Waals surface area contributed by atoms with E-state index in [0.29, 0.717) is 5.75 Å². The molecular formula is C22H28BrNO2. The Hall–Kier alpha value is -1.81. The molecule has 0 saturated heterocycles. The SMILES string of the molecule is CC(C)(C)c1ccc(OCC(=O)Nc2ccc(C(C)(C)C)cc2Br)cc1. The molecule has 1 N–H and O–H groups in total. The van der Waals surface area contributed by atoms with Crippen LogP contribution in [0, 0.1) is 0 Å². The highest BCUT2D eigenvalue weighted by Crippen LogP contribution is 2.30. The average molecular weight is 418 g/mol. The zero-order valence-corrected chi connectivity index (χ0v) is 18.0. The van der Waals surface area contributed by atoms with Gasteiger partial charge in [-0.15, -0.1) is 0 Å². The number of nitrogens with one attached hydrogen (secondary N) is 1. The Morgan fingerprint density at radius 1 is 0.923 bits per heavy atom. The lowest BCUT2D eigenvalue weighted by Gasteiger charge is -2.20. The lowest BCUT2D eigenvalue weighted by molar-refractivity contribution is -0.118. The van der Waals surface area contributed by atoms with Crippen LogP contribution in [0.5, 0.6) is 5.75 Å². The largest absolute Gasteiger partial charge is 0.484 e. The molecule has 0 radical (unpaired) electrons. The summed E-state index contributed by atoms with van der Waals surface area (Å²) in [5.74, 6) is 0.504. The molecule has 2 aromatic rings. The normalized spacial score (nSPS) is 12.0. The maximum atomic E-state index is 12.2. The Morgan fingerprint density at radius 2 is 1.46 bits per heavy atom. The molecule has 140 valence electrons. The second-order valence-corrected chi connectivity index (χ2v) is 9.41. The number of carbonyl (C=O) groups is 1. The summed E-state index contributed by atoms with van der Waals surface area (Å²) in [5.41, 5.74) is 3.35. The van der Waals surface area contributed by atoms with E-state index >= 15 is 0 Å². The predicted molar refractivity (Wildman–Crippen MR) is 112 cm³/mol.